The molecule has 1 fully saturated rings. The molecule has 1 aliphatic rings. The predicted octanol–water partition coefficient (Wildman–Crippen LogP) is 4.98. The molecule has 0 radical (unpaired) electrons. The van der Waals surface area contributed by atoms with Crippen LogP contribution in [0.2, 0.25) is 5.02 Å². The summed E-state index contributed by atoms with van der Waals surface area (Å²) in [5.74, 6) is -0.111. The Balaban J connectivity index is 2.12. The molecule has 0 aliphatic heterocycles. The molecule has 1 aromatic rings. The van der Waals surface area contributed by atoms with Crippen LogP contribution in [0.3, 0.4) is 0 Å². The lowest BCUT2D eigenvalue weighted by Crippen LogP contribution is -2.10. The molecule has 1 atom stereocenters. The maximum atomic E-state index is 10.8. The standard InChI is InChI=1S/C18H25ClO3/c1-22-12-15(8-10-18(20)21)14-7-9-16(17(19)11-14)13-5-3-2-4-6-13/h7,9,11,13,15H,2-6,8,10,12H2,1H3,(H,20,21). The first-order valence-electron chi connectivity index (χ1n) is 8.12. The van der Waals surface area contributed by atoms with E-state index in [4.69, 9.17) is 21.4 Å². The number of benzene rings is 1. The first-order chi connectivity index (χ1) is 10.6. The molecule has 122 valence electrons. The number of halogens is 1. The van der Waals surface area contributed by atoms with Gasteiger partial charge in [-0.15, -0.1) is 0 Å². The van der Waals surface area contributed by atoms with Gasteiger partial charge in [0.05, 0.1) is 6.61 Å². The molecule has 1 unspecified atom stereocenters. The normalized spacial score (nSPS) is 17.4. The van der Waals surface area contributed by atoms with Gasteiger partial charge in [-0.25, -0.2) is 0 Å². The summed E-state index contributed by atoms with van der Waals surface area (Å²) in [4.78, 5) is 10.8. The second-order valence-electron chi connectivity index (χ2n) is 6.20. The molecule has 1 saturated carbocycles. The van der Waals surface area contributed by atoms with Crippen molar-refractivity contribution < 1.29 is 14.6 Å². The number of carboxylic acid groups (broad SMARTS) is 1. The Kier molecular flexibility index (Phi) is 6.71. The van der Waals surface area contributed by atoms with E-state index in [9.17, 15) is 4.79 Å². The monoisotopic (exact) mass is 324 g/mol. The molecule has 0 bridgehead atoms. The Labute approximate surface area is 137 Å². The van der Waals surface area contributed by atoms with E-state index < -0.39 is 5.97 Å². The summed E-state index contributed by atoms with van der Waals surface area (Å²) in [6.45, 7) is 0.520. The molecule has 2 rings (SSSR count). The highest BCUT2D eigenvalue weighted by Gasteiger charge is 2.20. The average Bonchev–Trinajstić information content (AvgIpc) is 2.52. The van der Waals surface area contributed by atoms with Gasteiger partial charge in [-0.1, -0.05) is 43.0 Å². The van der Waals surface area contributed by atoms with Crippen molar-refractivity contribution in [3.63, 3.8) is 0 Å². The molecule has 1 aliphatic carbocycles. The lowest BCUT2D eigenvalue weighted by Gasteiger charge is -2.24. The van der Waals surface area contributed by atoms with Gasteiger partial charge in [0.25, 0.3) is 0 Å². The molecule has 0 amide bonds. The highest BCUT2D eigenvalue weighted by atomic mass is 35.5. The van der Waals surface area contributed by atoms with Crippen molar-refractivity contribution in [1.29, 1.82) is 0 Å². The summed E-state index contributed by atoms with van der Waals surface area (Å²) in [7, 11) is 1.64. The molecule has 1 aromatic carbocycles. The van der Waals surface area contributed by atoms with E-state index in [-0.39, 0.29) is 12.3 Å². The maximum absolute atomic E-state index is 10.8. The van der Waals surface area contributed by atoms with Gasteiger partial charge >= 0.3 is 5.97 Å². The van der Waals surface area contributed by atoms with Gasteiger partial charge in [0.2, 0.25) is 0 Å². The Bertz CT molecular complexity index is 495. The molecule has 4 heteroatoms. The summed E-state index contributed by atoms with van der Waals surface area (Å²) in [6, 6.07) is 6.25. The lowest BCUT2D eigenvalue weighted by molar-refractivity contribution is -0.137. The number of hydrogen-bond acceptors (Lipinski definition) is 2. The zero-order valence-electron chi connectivity index (χ0n) is 13.2. The van der Waals surface area contributed by atoms with Crippen molar-refractivity contribution in [3.05, 3.63) is 34.3 Å². The summed E-state index contributed by atoms with van der Waals surface area (Å²) in [6.07, 6.45) is 7.07. The van der Waals surface area contributed by atoms with E-state index in [1.807, 2.05) is 6.07 Å². The van der Waals surface area contributed by atoms with Gasteiger partial charge in [0.1, 0.15) is 0 Å². The average molecular weight is 325 g/mol. The van der Waals surface area contributed by atoms with Gasteiger partial charge in [0.15, 0.2) is 0 Å². The Hall–Kier alpha value is -1.06. The van der Waals surface area contributed by atoms with Crippen molar-refractivity contribution in [1.82, 2.24) is 0 Å². The second-order valence-corrected chi connectivity index (χ2v) is 6.61. The van der Waals surface area contributed by atoms with Crippen LogP contribution in [-0.2, 0) is 9.53 Å². The third kappa shape index (κ3) is 4.72. The first kappa shape index (κ1) is 17.3. The molecule has 22 heavy (non-hydrogen) atoms. The van der Waals surface area contributed by atoms with Crippen molar-refractivity contribution in [3.8, 4) is 0 Å². The number of ether oxygens (including phenoxy) is 1. The van der Waals surface area contributed by atoms with Gasteiger partial charge in [-0.05, 0) is 42.4 Å². The molecule has 0 spiro atoms. The molecular formula is C18H25ClO3. The minimum absolute atomic E-state index is 0.0824. The number of carboxylic acids is 1. The third-order valence-electron chi connectivity index (χ3n) is 4.62. The zero-order valence-corrected chi connectivity index (χ0v) is 13.9. The molecular weight excluding hydrogens is 300 g/mol. The fourth-order valence-electron chi connectivity index (χ4n) is 3.39. The van der Waals surface area contributed by atoms with Crippen LogP contribution in [0, 0.1) is 0 Å². The fraction of sp³-hybridized carbons (Fsp3) is 0.611. The molecule has 0 aromatic heterocycles. The van der Waals surface area contributed by atoms with Crippen molar-refractivity contribution >= 4 is 17.6 Å². The second kappa shape index (κ2) is 8.54. The summed E-state index contributed by atoms with van der Waals surface area (Å²) >= 11 is 6.51. The van der Waals surface area contributed by atoms with Crippen molar-refractivity contribution in [2.45, 2.75) is 56.8 Å². The van der Waals surface area contributed by atoms with E-state index in [0.29, 0.717) is 18.9 Å². The number of carbonyl (C=O) groups is 1. The highest BCUT2D eigenvalue weighted by Crippen LogP contribution is 2.37. The van der Waals surface area contributed by atoms with Crippen LogP contribution in [-0.4, -0.2) is 24.8 Å². The van der Waals surface area contributed by atoms with E-state index >= 15 is 0 Å². The van der Waals surface area contributed by atoms with Gasteiger partial charge in [-0.2, -0.15) is 0 Å². The zero-order chi connectivity index (χ0) is 15.9. The Morgan fingerprint density at radius 3 is 2.68 bits per heavy atom. The number of aliphatic carboxylic acids is 1. The van der Waals surface area contributed by atoms with Crippen LogP contribution in [0.5, 0.6) is 0 Å². The Morgan fingerprint density at radius 1 is 1.36 bits per heavy atom. The van der Waals surface area contributed by atoms with Crippen LogP contribution >= 0.6 is 11.6 Å². The number of hydrogen-bond donors (Lipinski definition) is 1. The fourth-order valence-corrected chi connectivity index (χ4v) is 3.73. The molecule has 3 nitrogen and oxygen atoms in total. The van der Waals surface area contributed by atoms with Crippen LogP contribution in [0.25, 0.3) is 0 Å². The summed E-state index contributed by atoms with van der Waals surface area (Å²) in [5.41, 5.74) is 2.33. The van der Waals surface area contributed by atoms with E-state index in [1.54, 1.807) is 7.11 Å². The Morgan fingerprint density at radius 2 is 2.09 bits per heavy atom. The number of rotatable bonds is 7. The molecule has 1 N–H and O–H groups in total. The van der Waals surface area contributed by atoms with Crippen molar-refractivity contribution in [2.75, 3.05) is 13.7 Å². The SMILES string of the molecule is COCC(CCC(=O)O)c1ccc(C2CCCCC2)c(Cl)c1. The maximum Gasteiger partial charge on any atom is 0.303 e. The summed E-state index contributed by atoms with van der Waals surface area (Å²) in [5, 5.41) is 9.70. The van der Waals surface area contributed by atoms with Crippen LogP contribution < -0.4 is 0 Å². The van der Waals surface area contributed by atoms with Gasteiger partial charge < -0.3 is 9.84 Å². The summed E-state index contributed by atoms with van der Waals surface area (Å²) < 4.78 is 5.24. The lowest BCUT2D eigenvalue weighted by atomic mass is 9.83. The quantitative estimate of drug-likeness (QED) is 0.769. The van der Waals surface area contributed by atoms with Crippen LogP contribution in [0.4, 0.5) is 0 Å². The van der Waals surface area contributed by atoms with Crippen LogP contribution in [0.1, 0.15) is 67.9 Å². The van der Waals surface area contributed by atoms with E-state index in [1.165, 1.54) is 37.7 Å². The third-order valence-corrected chi connectivity index (χ3v) is 4.94. The molecule has 0 saturated heterocycles. The van der Waals surface area contributed by atoms with E-state index in [0.717, 1.165) is 10.6 Å². The first-order valence-corrected chi connectivity index (χ1v) is 8.49. The predicted molar refractivity (Wildman–Crippen MR) is 88.8 cm³/mol. The number of methoxy groups -OCH3 is 1. The highest BCUT2D eigenvalue weighted by molar-refractivity contribution is 6.31. The van der Waals surface area contributed by atoms with Crippen molar-refractivity contribution in [2.24, 2.45) is 0 Å². The minimum Gasteiger partial charge on any atom is -0.481 e. The van der Waals surface area contributed by atoms with Crippen LogP contribution in [0.15, 0.2) is 18.2 Å². The minimum atomic E-state index is -0.772. The largest absolute Gasteiger partial charge is 0.481 e. The molecule has 0 heterocycles. The van der Waals surface area contributed by atoms with Gasteiger partial charge in [0, 0.05) is 24.5 Å². The smallest absolute Gasteiger partial charge is 0.303 e. The van der Waals surface area contributed by atoms with Gasteiger partial charge in [-0.3, -0.25) is 4.79 Å². The van der Waals surface area contributed by atoms with E-state index in [2.05, 4.69) is 12.1 Å². The topological polar surface area (TPSA) is 46.5 Å².